The van der Waals surface area contributed by atoms with Crippen molar-refractivity contribution < 1.29 is 4.92 Å². The molecule has 1 aliphatic rings. The first-order valence-corrected chi connectivity index (χ1v) is 18.2. The molecule has 9 aromatic rings. The van der Waals surface area contributed by atoms with Gasteiger partial charge in [0, 0.05) is 65.1 Å². The van der Waals surface area contributed by atoms with Crippen LogP contribution in [0.25, 0.3) is 88.1 Å². The Kier molecular flexibility index (Phi) is 7.20. The van der Waals surface area contributed by atoms with Gasteiger partial charge in [-0.25, -0.2) is 15.0 Å². The van der Waals surface area contributed by atoms with E-state index >= 15 is 0 Å². The fraction of sp³-hybridized carbons (Fsp3) is 0.0444. The Balaban J connectivity index is 1.26. The number of hydrogen-bond acceptors (Lipinski definition) is 6. The first-order valence-electron chi connectivity index (χ1n) is 17.4. The van der Waals surface area contributed by atoms with Gasteiger partial charge in [-0.1, -0.05) is 109 Å². The number of aromatic nitrogens is 4. The molecule has 0 fully saturated rings. The molecule has 0 saturated carbocycles. The van der Waals surface area contributed by atoms with Gasteiger partial charge in [-0.2, -0.15) is 0 Å². The molecule has 250 valence electrons. The number of benzene rings is 5. The SMILES string of the molecule is O=[N+]([O-])c1ccc#cc1-c1cc(-c2nc(-c3ccccc3)nc(-c3ccccc3)n2)ccc1-n1c2c(c3c4sc5ccccc5c4ccc31)C=CCC2. The summed E-state index contributed by atoms with van der Waals surface area (Å²) < 4.78 is 4.77. The number of rotatable bonds is 6. The zero-order valence-corrected chi connectivity index (χ0v) is 29.0. The molecule has 7 nitrogen and oxygen atoms in total. The summed E-state index contributed by atoms with van der Waals surface area (Å²) in [7, 11) is 0. The maximum atomic E-state index is 12.6. The third kappa shape index (κ3) is 5.09. The summed E-state index contributed by atoms with van der Waals surface area (Å²) in [5.74, 6) is 1.54. The van der Waals surface area contributed by atoms with Crippen molar-refractivity contribution in [2.45, 2.75) is 12.8 Å². The Bertz CT molecular complexity index is 2870. The Hall–Kier alpha value is -6.95. The van der Waals surface area contributed by atoms with Crippen LogP contribution in [0.1, 0.15) is 17.7 Å². The summed E-state index contributed by atoms with van der Waals surface area (Å²) >= 11 is 1.81. The molecule has 0 amide bonds. The summed E-state index contributed by atoms with van der Waals surface area (Å²) in [4.78, 5) is 27.0. The number of allylic oxidation sites excluding steroid dienone is 1. The summed E-state index contributed by atoms with van der Waals surface area (Å²) in [5, 5.41) is 16.2. The molecule has 53 heavy (non-hydrogen) atoms. The second kappa shape index (κ2) is 12.4. The van der Waals surface area contributed by atoms with Crippen LogP contribution < -0.4 is 0 Å². The number of nitro groups is 1. The minimum atomic E-state index is -0.354. The van der Waals surface area contributed by atoms with Crippen LogP contribution in [-0.4, -0.2) is 24.4 Å². The molecule has 6 aromatic carbocycles. The quantitative estimate of drug-likeness (QED) is 0.127. The first kappa shape index (κ1) is 30.8. The predicted molar refractivity (Wildman–Crippen MR) is 213 cm³/mol. The van der Waals surface area contributed by atoms with Gasteiger partial charge in [-0.15, -0.1) is 11.3 Å². The number of fused-ring (bicyclic) bond motifs is 7. The van der Waals surface area contributed by atoms with E-state index in [2.05, 4.69) is 65.3 Å². The highest BCUT2D eigenvalue weighted by atomic mass is 32.1. The molecule has 0 spiro atoms. The lowest BCUT2D eigenvalue weighted by molar-refractivity contribution is -0.384. The van der Waals surface area contributed by atoms with Crippen LogP contribution in [0.15, 0.2) is 133 Å². The molecule has 10 rings (SSSR count). The minimum Gasteiger partial charge on any atom is -0.312 e. The van der Waals surface area contributed by atoms with E-state index in [1.807, 2.05) is 90.2 Å². The number of nitrogens with zero attached hydrogens (tertiary/aromatic N) is 5. The van der Waals surface area contributed by atoms with E-state index in [0.29, 0.717) is 34.2 Å². The van der Waals surface area contributed by atoms with Crippen molar-refractivity contribution in [3.8, 4) is 51.0 Å². The van der Waals surface area contributed by atoms with Crippen LogP contribution in [0, 0.1) is 22.2 Å². The highest BCUT2D eigenvalue weighted by Gasteiger charge is 2.26. The molecule has 0 aliphatic heterocycles. The Morgan fingerprint density at radius 2 is 1.43 bits per heavy atom. The largest absolute Gasteiger partial charge is 0.312 e. The molecule has 3 aromatic heterocycles. The summed E-state index contributed by atoms with van der Waals surface area (Å²) in [6.07, 6.45) is 6.20. The lowest BCUT2D eigenvalue weighted by Gasteiger charge is -2.18. The average molecular weight is 702 g/mol. The van der Waals surface area contributed by atoms with Crippen LogP contribution >= 0.6 is 11.3 Å². The summed E-state index contributed by atoms with van der Waals surface area (Å²) in [5.41, 5.74) is 7.57. The van der Waals surface area contributed by atoms with E-state index in [-0.39, 0.29) is 10.6 Å². The maximum Gasteiger partial charge on any atom is 0.286 e. The van der Waals surface area contributed by atoms with E-state index in [1.54, 1.807) is 0 Å². The maximum absolute atomic E-state index is 12.6. The second-order valence-corrected chi connectivity index (χ2v) is 14.0. The molecule has 8 heteroatoms. The molecule has 0 N–H and O–H groups in total. The van der Waals surface area contributed by atoms with E-state index in [9.17, 15) is 10.1 Å². The monoisotopic (exact) mass is 701 g/mol. The highest BCUT2D eigenvalue weighted by molar-refractivity contribution is 7.26. The van der Waals surface area contributed by atoms with Crippen molar-refractivity contribution in [2.75, 3.05) is 0 Å². The van der Waals surface area contributed by atoms with Crippen LogP contribution in [0.5, 0.6) is 0 Å². The van der Waals surface area contributed by atoms with Gasteiger partial charge in [0.05, 0.1) is 16.1 Å². The zero-order valence-electron chi connectivity index (χ0n) is 28.2. The van der Waals surface area contributed by atoms with Crippen molar-refractivity contribution in [3.05, 3.63) is 167 Å². The van der Waals surface area contributed by atoms with E-state index in [1.165, 1.54) is 48.9 Å². The topological polar surface area (TPSA) is 86.7 Å². The van der Waals surface area contributed by atoms with Crippen molar-refractivity contribution >= 4 is 54.2 Å². The van der Waals surface area contributed by atoms with E-state index in [4.69, 9.17) is 15.0 Å². The Morgan fingerprint density at radius 3 is 2.17 bits per heavy atom. The van der Waals surface area contributed by atoms with Crippen molar-refractivity contribution in [1.82, 2.24) is 19.5 Å². The Labute approximate surface area is 308 Å². The molecule has 3 heterocycles. The predicted octanol–water partition coefficient (Wildman–Crippen LogP) is 11.3. The minimum absolute atomic E-state index is 0.0510. The van der Waals surface area contributed by atoms with Crippen molar-refractivity contribution in [2.24, 2.45) is 0 Å². The first-order chi connectivity index (χ1) is 26.1. The van der Waals surface area contributed by atoms with Crippen molar-refractivity contribution in [1.29, 1.82) is 0 Å². The van der Waals surface area contributed by atoms with Gasteiger partial charge in [0.2, 0.25) is 0 Å². The van der Waals surface area contributed by atoms with Gasteiger partial charge >= 0.3 is 0 Å². The summed E-state index contributed by atoms with van der Waals surface area (Å²) in [6.45, 7) is 0. The highest BCUT2D eigenvalue weighted by Crippen LogP contribution is 2.46. The standard InChI is InChI=1S/C45H27N5O2S/c51-50(52)38-21-11-7-17-31(38)35-27-30(45-47-43(28-13-3-1-4-14-28)46-44(48-45)29-15-5-2-6-16-29)23-25-37(35)49-36-20-10-8-19-34(36)41-39(49)26-24-33-32-18-9-12-22-40(32)53-42(33)41/h1-6,8-9,11-16,18-19,21-27H,10,20H2. The van der Waals surface area contributed by atoms with Crippen LogP contribution in [-0.2, 0) is 6.42 Å². The fourth-order valence-corrected chi connectivity index (χ4v) is 8.76. The number of thiophene rings is 1. The normalized spacial score (nSPS) is 12.3. The molecule has 0 unspecified atom stereocenters. The molecular weight excluding hydrogens is 675 g/mol. The smallest absolute Gasteiger partial charge is 0.286 e. The van der Waals surface area contributed by atoms with Gasteiger partial charge in [-0.05, 0) is 49.2 Å². The molecule has 0 atom stereocenters. The van der Waals surface area contributed by atoms with Crippen LogP contribution in [0.3, 0.4) is 0 Å². The third-order valence-corrected chi connectivity index (χ3v) is 11.1. The third-order valence-electron chi connectivity index (χ3n) is 9.89. The van der Waals surface area contributed by atoms with Crippen LogP contribution in [0.2, 0.25) is 0 Å². The zero-order chi connectivity index (χ0) is 35.5. The molecule has 1 aliphatic carbocycles. The van der Waals surface area contributed by atoms with Crippen molar-refractivity contribution in [3.63, 3.8) is 0 Å². The lowest BCUT2D eigenvalue weighted by atomic mass is 9.98. The molecule has 0 radical (unpaired) electrons. The molecule has 0 saturated heterocycles. The van der Waals surface area contributed by atoms with Crippen LogP contribution in [0.4, 0.5) is 5.69 Å². The van der Waals surface area contributed by atoms with E-state index < -0.39 is 0 Å². The molecular formula is C45H27N5O2S. The van der Waals surface area contributed by atoms with Gasteiger partial charge < -0.3 is 4.57 Å². The summed E-state index contributed by atoms with van der Waals surface area (Å²) in [6, 6.07) is 47.7. The average Bonchev–Trinajstić information content (AvgIpc) is 3.77. The van der Waals surface area contributed by atoms with Gasteiger partial charge in [0.15, 0.2) is 17.5 Å². The van der Waals surface area contributed by atoms with Gasteiger partial charge in [0.25, 0.3) is 5.69 Å². The lowest BCUT2D eigenvalue weighted by Crippen LogP contribution is -2.06. The van der Waals surface area contributed by atoms with Gasteiger partial charge in [0.1, 0.15) is 5.56 Å². The molecule has 0 bridgehead atoms. The number of hydrogen-bond donors (Lipinski definition) is 0. The second-order valence-electron chi connectivity index (χ2n) is 13.0. The Morgan fingerprint density at radius 1 is 0.736 bits per heavy atom. The van der Waals surface area contributed by atoms with E-state index in [0.717, 1.165) is 35.2 Å². The fourth-order valence-electron chi connectivity index (χ4n) is 7.50. The van der Waals surface area contributed by atoms with Gasteiger partial charge in [-0.3, -0.25) is 10.1 Å².